The number of carbonyl (C=O) groups is 1. The Balaban J connectivity index is 2.30. The van der Waals surface area contributed by atoms with Gasteiger partial charge in [0.2, 0.25) is 5.92 Å². The zero-order chi connectivity index (χ0) is 9.69. The minimum atomic E-state index is -2.75. The van der Waals surface area contributed by atoms with E-state index in [4.69, 9.17) is 5.11 Å². The maximum atomic E-state index is 13.0. The standard InChI is InChI=1S/C9H12F2O2/c10-9(11)4-6-2-1-3-8(6,5-9)7(12)13/h6H,1-5H2,(H,12,13). The maximum Gasteiger partial charge on any atom is 0.310 e. The molecule has 2 nitrogen and oxygen atoms in total. The van der Waals surface area contributed by atoms with Crippen molar-refractivity contribution in [2.75, 3.05) is 0 Å². The minimum Gasteiger partial charge on any atom is -0.481 e. The molecule has 4 heteroatoms. The Morgan fingerprint density at radius 3 is 2.69 bits per heavy atom. The van der Waals surface area contributed by atoms with Crippen LogP contribution in [0.1, 0.15) is 32.1 Å². The molecule has 2 fully saturated rings. The second-order valence-electron chi connectivity index (χ2n) is 4.29. The van der Waals surface area contributed by atoms with Crippen LogP contribution >= 0.6 is 0 Å². The Hall–Kier alpha value is -0.670. The summed E-state index contributed by atoms with van der Waals surface area (Å²) in [6.45, 7) is 0. The van der Waals surface area contributed by atoms with Gasteiger partial charge in [-0.1, -0.05) is 6.42 Å². The highest BCUT2D eigenvalue weighted by atomic mass is 19.3. The van der Waals surface area contributed by atoms with E-state index in [0.29, 0.717) is 12.8 Å². The highest BCUT2D eigenvalue weighted by molar-refractivity contribution is 5.76. The Labute approximate surface area is 74.9 Å². The summed E-state index contributed by atoms with van der Waals surface area (Å²) in [6, 6.07) is 0. The third-order valence-electron chi connectivity index (χ3n) is 3.50. The molecule has 2 atom stereocenters. The van der Waals surface area contributed by atoms with Crippen LogP contribution in [-0.2, 0) is 4.79 Å². The fourth-order valence-electron chi connectivity index (χ4n) is 2.93. The van der Waals surface area contributed by atoms with E-state index in [1.807, 2.05) is 0 Å². The predicted molar refractivity (Wildman–Crippen MR) is 41.6 cm³/mol. The summed E-state index contributed by atoms with van der Waals surface area (Å²) >= 11 is 0. The van der Waals surface area contributed by atoms with Gasteiger partial charge < -0.3 is 5.11 Å². The number of halogens is 2. The molecule has 0 aromatic carbocycles. The first-order valence-corrected chi connectivity index (χ1v) is 4.58. The molecule has 13 heavy (non-hydrogen) atoms. The van der Waals surface area contributed by atoms with Crippen molar-refractivity contribution in [2.45, 2.75) is 38.0 Å². The molecule has 2 rings (SSSR count). The minimum absolute atomic E-state index is 0.223. The summed E-state index contributed by atoms with van der Waals surface area (Å²) in [7, 11) is 0. The van der Waals surface area contributed by atoms with Crippen molar-refractivity contribution in [3.8, 4) is 0 Å². The lowest BCUT2D eigenvalue weighted by Gasteiger charge is -2.22. The molecule has 1 N–H and O–H groups in total. The van der Waals surface area contributed by atoms with Gasteiger partial charge in [0.05, 0.1) is 5.41 Å². The van der Waals surface area contributed by atoms with E-state index < -0.39 is 23.7 Å². The van der Waals surface area contributed by atoms with Gasteiger partial charge in [0.1, 0.15) is 0 Å². The van der Waals surface area contributed by atoms with Crippen molar-refractivity contribution in [2.24, 2.45) is 11.3 Å². The lowest BCUT2D eigenvalue weighted by Crippen LogP contribution is -2.31. The molecule has 0 saturated heterocycles. The number of carboxylic acid groups (broad SMARTS) is 1. The topological polar surface area (TPSA) is 37.3 Å². The molecule has 0 spiro atoms. The molecule has 0 aromatic rings. The van der Waals surface area contributed by atoms with E-state index in [-0.39, 0.29) is 12.3 Å². The summed E-state index contributed by atoms with van der Waals surface area (Å²) in [4.78, 5) is 11.0. The largest absolute Gasteiger partial charge is 0.481 e. The van der Waals surface area contributed by atoms with E-state index in [0.717, 1.165) is 6.42 Å². The van der Waals surface area contributed by atoms with Crippen molar-refractivity contribution in [1.29, 1.82) is 0 Å². The number of aliphatic carboxylic acids is 1. The summed E-state index contributed by atoms with van der Waals surface area (Å²) in [6.07, 6.45) is 1.21. The molecule has 0 amide bonds. The van der Waals surface area contributed by atoms with Crippen LogP contribution < -0.4 is 0 Å². The molecular weight excluding hydrogens is 178 g/mol. The van der Waals surface area contributed by atoms with Crippen LogP contribution in [0.2, 0.25) is 0 Å². The number of hydrogen-bond acceptors (Lipinski definition) is 1. The van der Waals surface area contributed by atoms with Crippen molar-refractivity contribution < 1.29 is 18.7 Å². The van der Waals surface area contributed by atoms with Gasteiger partial charge in [-0.05, 0) is 18.8 Å². The molecule has 0 bridgehead atoms. The number of fused-ring (bicyclic) bond motifs is 1. The van der Waals surface area contributed by atoms with Crippen LogP contribution in [0.15, 0.2) is 0 Å². The van der Waals surface area contributed by atoms with Gasteiger partial charge in [-0.2, -0.15) is 0 Å². The summed E-state index contributed by atoms with van der Waals surface area (Å²) in [5, 5.41) is 8.97. The molecule has 0 aliphatic heterocycles. The monoisotopic (exact) mass is 190 g/mol. The zero-order valence-electron chi connectivity index (χ0n) is 7.22. The van der Waals surface area contributed by atoms with Gasteiger partial charge >= 0.3 is 5.97 Å². The molecule has 0 heterocycles. The van der Waals surface area contributed by atoms with Gasteiger partial charge in [0.25, 0.3) is 0 Å². The summed E-state index contributed by atoms with van der Waals surface area (Å²) < 4.78 is 26.0. The molecule has 0 aromatic heterocycles. The highest BCUT2D eigenvalue weighted by Crippen LogP contribution is 2.59. The Morgan fingerprint density at radius 2 is 2.15 bits per heavy atom. The quantitative estimate of drug-likeness (QED) is 0.688. The van der Waals surface area contributed by atoms with Gasteiger partial charge in [0, 0.05) is 12.8 Å². The van der Waals surface area contributed by atoms with Crippen LogP contribution in [0.5, 0.6) is 0 Å². The lowest BCUT2D eigenvalue weighted by atomic mass is 9.80. The Morgan fingerprint density at radius 1 is 1.46 bits per heavy atom. The molecule has 2 unspecified atom stereocenters. The average molecular weight is 190 g/mol. The van der Waals surface area contributed by atoms with Gasteiger partial charge in [-0.25, -0.2) is 8.78 Å². The molecular formula is C9H12F2O2. The van der Waals surface area contributed by atoms with Gasteiger partial charge in [-0.3, -0.25) is 4.79 Å². The molecule has 2 aliphatic rings. The molecule has 74 valence electrons. The lowest BCUT2D eigenvalue weighted by molar-refractivity contribution is -0.151. The maximum absolute atomic E-state index is 13.0. The number of rotatable bonds is 1. The smallest absolute Gasteiger partial charge is 0.310 e. The number of hydrogen-bond donors (Lipinski definition) is 1. The zero-order valence-corrected chi connectivity index (χ0v) is 7.22. The predicted octanol–water partition coefficient (Wildman–Crippen LogP) is 2.29. The van der Waals surface area contributed by atoms with E-state index in [1.165, 1.54) is 0 Å². The molecule has 2 saturated carbocycles. The Kier molecular flexibility index (Phi) is 1.66. The molecule has 2 aliphatic carbocycles. The van der Waals surface area contributed by atoms with Crippen LogP contribution in [-0.4, -0.2) is 17.0 Å². The summed E-state index contributed by atoms with van der Waals surface area (Å²) in [5.41, 5.74) is -1.09. The van der Waals surface area contributed by atoms with E-state index in [9.17, 15) is 13.6 Å². The van der Waals surface area contributed by atoms with E-state index >= 15 is 0 Å². The van der Waals surface area contributed by atoms with Crippen molar-refractivity contribution in [3.05, 3.63) is 0 Å². The number of alkyl halides is 2. The highest BCUT2D eigenvalue weighted by Gasteiger charge is 2.61. The third kappa shape index (κ3) is 1.15. The second-order valence-corrected chi connectivity index (χ2v) is 4.29. The Bertz CT molecular complexity index is 252. The normalized spacial score (nSPS) is 41.8. The van der Waals surface area contributed by atoms with Gasteiger partial charge in [0.15, 0.2) is 0 Å². The van der Waals surface area contributed by atoms with Crippen LogP contribution in [0.25, 0.3) is 0 Å². The van der Waals surface area contributed by atoms with E-state index in [2.05, 4.69) is 0 Å². The van der Waals surface area contributed by atoms with Crippen molar-refractivity contribution >= 4 is 5.97 Å². The van der Waals surface area contributed by atoms with Crippen LogP contribution in [0.3, 0.4) is 0 Å². The average Bonchev–Trinajstić information content (AvgIpc) is 2.40. The van der Waals surface area contributed by atoms with E-state index in [1.54, 1.807) is 0 Å². The van der Waals surface area contributed by atoms with Crippen molar-refractivity contribution in [1.82, 2.24) is 0 Å². The SMILES string of the molecule is O=C(O)C12CCCC1CC(F)(F)C2. The first-order valence-electron chi connectivity index (χ1n) is 4.58. The van der Waals surface area contributed by atoms with Gasteiger partial charge in [-0.15, -0.1) is 0 Å². The second kappa shape index (κ2) is 2.42. The van der Waals surface area contributed by atoms with Crippen LogP contribution in [0.4, 0.5) is 8.78 Å². The summed E-state index contributed by atoms with van der Waals surface area (Å²) in [5.74, 6) is -4.06. The number of carboxylic acids is 1. The fourth-order valence-corrected chi connectivity index (χ4v) is 2.93. The fraction of sp³-hybridized carbons (Fsp3) is 0.889. The first-order chi connectivity index (χ1) is 5.96. The first kappa shape index (κ1) is 8.91. The van der Waals surface area contributed by atoms with Crippen molar-refractivity contribution in [3.63, 3.8) is 0 Å². The third-order valence-corrected chi connectivity index (χ3v) is 3.50. The molecule has 0 radical (unpaired) electrons. The van der Waals surface area contributed by atoms with Crippen LogP contribution in [0, 0.1) is 11.3 Å².